The van der Waals surface area contributed by atoms with Crippen molar-refractivity contribution < 1.29 is 14.3 Å². The lowest BCUT2D eigenvalue weighted by Crippen LogP contribution is -2.50. The van der Waals surface area contributed by atoms with E-state index in [9.17, 15) is 4.79 Å². The average Bonchev–Trinajstić information content (AvgIpc) is 3.23. The number of piperidine rings is 1. The van der Waals surface area contributed by atoms with Crippen LogP contribution in [-0.2, 0) is 11.8 Å². The molecule has 26 heavy (non-hydrogen) atoms. The topological polar surface area (TPSA) is 56.6 Å². The highest BCUT2D eigenvalue weighted by molar-refractivity contribution is 6.30. The third-order valence-corrected chi connectivity index (χ3v) is 5.38. The summed E-state index contributed by atoms with van der Waals surface area (Å²) in [6.07, 6.45) is 6.06. The van der Waals surface area contributed by atoms with E-state index in [1.54, 1.807) is 17.0 Å². The fraction of sp³-hybridized carbons (Fsp3) is 0.474. The second-order valence-corrected chi connectivity index (χ2v) is 7.52. The molecule has 1 aromatic heterocycles. The van der Waals surface area contributed by atoms with Crippen molar-refractivity contribution in [1.29, 1.82) is 0 Å². The molecule has 2 aromatic rings. The molecule has 3 heterocycles. The molecule has 0 unspecified atom stereocenters. The van der Waals surface area contributed by atoms with E-state index in [2.05, 4.69) is 4.98 Å². The van der Waals surface area contributed by atoms with Gasteiger partial charge in [0.05, 0.1) is 18.8 Å². The first kappa shape index (κ1) is 17.4. The Kier molecular flexibility index (Phi) is 4.63. The molecule has 2 aliphatic heterocycles. The number of benzene rings is 1. The number of imidazole rings is 1. The molecule has 7 heteroatoms. The van der Waals surface area contributed by atoms with Gasteiger partial charge in [-0.3, -0.25) is 4.79 Å². The monoisotopic (exact) mass is 375 g/mol. The SMILES string of the molecule is Cn1ccnc1C(=O)N1CCC[C@@]2(C[C@@H](Oc3ccc(Cl)cc3)CO2)C1. The van der Waals surface area contributed by atoms with E-state index in [1.165, 1.54) is 0 Å². The number of carbonyl (C=O) groups is 1. The summed E-state index contributed by atoms with van der Waals surface area (Å²) in [6.45, 7) is 1.85. The van der Waals surface area contributed by atoms with Crippen LogP contribution in [0.5, 0.6) is 5.75 Å². The van der Waals surface area contributed by atoms with Crippen LogP contribution in [0.3, 0.4) is 0 Å². The van der Waals surface area contributed by atoms with Gasteiger partial charge in [-0.2, -0.15) is 0 Å². The van der Waals surface area contributed by atoms with Crippen molar-refractivity contribution in [2.24, 2.45) is 7.05 Å². The Bertz CT molecular complexity index is 792. The Balaban J connectivity index is 1.41. The largest absolute Gasteiger partial charge is 0.488 e. The number of halogens is 1. The van der Waals surface area contributed by atoms with Crippen molar-refractivity contribution in [2.45, 2.75) is 31.0 Å². The molecule has 0 N–H and O–H groups in total. The lowest BCUT2D eigenvalue weighted by Gasteiger charge is -2.39. The standard InChI is InChI=1S/C19H22ClN3O3/c1-22-10-8-21-17(22)18(24)23-9-2-7-19(13-23)11-16(12-25-19)26-15-5-3-14(20)4-6-15/h3-6,8,10,16H,2,7,9,11-13H2,1H3/t16-,19-/m1/s1. The number of likely N-dealkylation sites (tertiary alicyclic amines) is 1. The maximum atomic E-state index is 12.8. The summed E-state index contributed by atoms with van der Waals surface area (Å²) < 4.78 is 13.9. The van der Waals surface area contributed by atoms with Crippen LogP contribution >= 0.6 is 11.6 Å². The Labute approximate surface area is 157 Å². The maximum absolute atomic E-state index is 12.8. The highest BCUT2D eigenvalue weighted by Gasteiger charge is 2.45. The van der Waals surface area contributed by atoms with Gasteiger partial charge in [-0.25, -0.2) is 4.98 Å². The predicted octanol–water partition coefficient (Wildman–Crippen LogP) is 2.92. The molecule has 0 aliphatic carbocycles. The minimum atomic E-state index is -0.323. The third-order valence-electron chi connectivity index (χ3n) is 5.13. The van der Waals surface area contributed by atoms with Gasteiger partial charge in [-0.05, 0) is 37.1 Å². The minimum absolute atomic E-state index is 0.0145. The molecule has 2 atom stereocenters. The zero-order valence-corrected chi connectivity index (χ0v) is 15.5. The molecule has 2 fully saturated rings. The molecule has 0 bridgehead atoms. The summed E-state index contributed by atoms with van der Waals surface area (Å²) in [4.78, 5) is 18.8. The van der Waals surface area contributed by atoms with Crippen molar-refractivity contribution in [1.82, 2.24) is 14.5 Å². The highest BCUT2D eigenvalue weighted by atomic mass is 35.5. The van der Waals surface area contributed by atoms with Crippen molar-refractivity contribution in [3.05, 3.63) is 47.5 Å². The number of hydrogen-bond donors (Lipinski definition) is 0. The summed E-state index contributed by atoms with van der Waals surface area (Å²) in [5, 5.41) is 0.687. The van der Waals surface area contributed by atoms with Gasteiger partial charge < -0.3 is 18.9 Å². The fourth-order valence-corrected chi connectivity index (χ4v) is 3.98. The Morgan fingerprint density at radius 2 is 2.19 bits per heavy atom. The van der Waals surface area contributed by atoms with Crippen LogP contribution in [0.1, 0.15) is 29.9 Å². The van der Waals surface area contributed by atoms with Gasteiger partial charge in [0, 0.05) is 37.4 Å². The number of aryl methyl sites for hydroxylation is 1. The van der Waals surface area contributed by atoms with Crippen LogP contribution in [0.2, 0.25) is 5.02 Å². The van der Waals surface area contributed by atoms with E-state index < -0.39 is 0 Å². The lowest BCUT2D eigenvalue weighted by molar-refractivity contribution is -0.0456. The molecule has 2 saturated heterocycles. The summed E-state index contributed by atoms with van der Waals surface area (Å²) in [7, 11) is 1.84. The van der Waals surface area contributed by atoms with Gasteiger partial charge >= 0.3 is 0 Å². The normalized spacial score (nSPS) is 25.6. The first-order chi connectivity index (χ1) is 12.5. The second kappa shape index (κ2) is 6.93. The molecule has 2 aliphatic rings. The van der Waals surface area contributed by atoms with Crippen molar-refractivity contribution in [2.75, 3.05) is 19.7 Å². The zero-order chi connectivity index (χ0) is 18.1. The number of hydrogen-bond acceptors (Lipinski definition) is 4. The van der Waals surface area contributed by atoms with Crippen LogP contribution in [-0.4, -0.2) is 51.8 Å². The smallest absolute Gasteiger partial charge is 0.289 e. The Morgan fingerprint density at radius 1 is 1.38 bits per heavy atom. The Hall–Kier alpha value is -2.05. The molecule has 1 aromatic carbocycles. The van der Waals surface area contributed by atoms with E-state index in [4.69, 9.17) is 21.1 Å². The first-order valence-electron chi connectivity index (χ1n) is 8.87. The van der Waals surface area contributed by atoms with Gasteiger partial charge in [0.15, 0.2) is 5.82 Å². The van der Waals surface area contributed by atoms with Gasteiger partial charge in [0.2, 0.25) is 0 Å². The van der Waals surface area contributed by atoms with E-state index in [1.807, 2.05) is 36.2 Å². The zero-order valence-electron chi connectivity index (χ0n) is 14.7. The summed E-state index contributed by atoms with van der Waals surface area (Å²) in [5.74, 6) is 1.22. The summed E-state index contributed by atoms with van der Waals surface area (Å²) >= 11 is 5.92. The number of nitrogens with zero attached hydrogens (tertiary/aromatic N) is 3. The molecule has 138 valence electrons. The number of aromatic nitrogens is 2. The summed E-state index contributed by atoms with van der Waals surface area (Å²) in [6, 6.07) is 7.36. The maximum Gasteiger partial charge on any atom is 0.289 e. The molecule has 1 spiro atoms. The van der Waals surface area contributed by atoms with Crippen LogP contribution in [0.15, 0.2) is 36.7 Å². The van der Waals surface area contributed by atoms with Crippen LogP contribution in [0.25, 0.3) is 0 Å². The molecule has 6 nitrogen and oxygen atoms in total. The number of carbonyl (C=O) groups excluding carboxylic acids is 1. The number of ether oxygens (including phenoxy) is 2. The minimum Gasteiger partial charge on any atom is -0.488 e. The van der Waals surface area contributed by atoms with E-state index in [-0.39, 0.29) is 17.6 Å². The average molecular weight is 376 g/mol. The summed E-state index contributed by atoms with van der Waals surface area (Å²) in [5.41, 5.74) is -0.323. The molecule has 0 saturated carbocycles. The van der Waals surface area contributed by atoms with Crippen molar-refractivity contribution in [3.8, 4) is 5.75 Å². The quantitative estimate of drug-likeness (QED) is 0.827. The van der Waals surface area contributed by atoms with Gasteiger partial charge in [-0.15, -0.1) is 0 Å². The van der Waals surface area contributed by atoms with E-state index in [0.717, 1.165) is 31.6 Å². The van der Waals surface area contributed by atoms with Gasteiger partial charge in [-0.1, -0.05) is 11.6 Å². The van der Waals surface area contributed by atoms with Crippen molar-refractivity contribution >= 4 is 17.5 Å². The molecule has 0 radical (unpaired) electrons. The van der Waals surface area contributed by atoms with Crippen LogP contribution in [0, 0.1) is 0 Å². The van der Waals surface area contributed by atoms with Gasteiger partial charge in [0.25, 0.3) is 5.91 Å². The van der Waals surface area contributed by atoms with Crippen molar-refractivity contribution in [3.63, 3.8) is 0 Å². The Morgan fingerprint density at radius 3 is 2.92 bits per heavy atom. The lowest BCUT2D eigenvalue weighted by atomic mass is 9.89. The second-order valence-electron chi connectivity index (χ2n) is 7.08. The predicted molar refractivity (Wildman–Crippen MR) is 97.5 cm³/mol. The molecule has 1 amide bonds. The highest BCUT2D eigenvalue weighted by Crippen LogP contribution is 2.36. The molecular weight excluding hydrogens is 354 g/mol. The number of amides is 1. The third kappa shape index (κ3) is 3.44. The van der Waals surface area contributed by atoms with E-state index in [0.29, 0.717) is 24.0 Å². The molecular formula is C19H22ClN3O3. The fourth-order valence-electron chi connectivity index (χ4n) is 3.85. The first-order valence-corrected chi connectivity index (χ1v) is 9.25. The van der Waals surface area contributed by atoms with Crippen LogP contribution in [0.4, 0.5) is 0 Å². The van der Waals surface area contributed by atoms with E-state index >= 15 is 0 Å². The number of rotatable bonds is 3. The molecule has 4 rings (SSSR count). The van der Waals surface area contributed by atoms with Crippen LogP contribution < -0.4 is 4.74 Å². The van der Waals surface area contributed by atoms with Gasteiger partial charge in [0.1, 0.15) is 11.9 Å².